The van der Waals surface area contributed by atoms with E-state index in [0.717, 1.165) is 22.8 Å². The highest BCUT2D eigenvalue weighted by Gasteiger charge is 2.18. The molecule has 130 valence electrons. The molecule has 0 aliphatic heterocycles. The van der Waals surface area contributed by atoms with E-state index >= 15 is 0 Å². The molecular weight excluding hydrogens is 304 g/mol. The highest BCUT2D eigenvalue weighted by molar-refractivity contribution is 5.91. The minimum absolute atomic E-state index is 0.180. The van der Waals surface area contributed by atoms with Gasteiger partial charge in [-0.2, -0.15) is 5.10 Å². The zero-order valence-corrected chi connectivity index (χ0v) is 15.2. The van der Waals surface area contributed by atoms with E-state index in [-0.39, 0.29) is 11.6 Å². The van der Waals surface area contributed by atoms with Gasteiger partial charge in [0.1, 0.15) is 12.2 Å². The molecule has 2 amide bonds. The number of hydrogen-bond donors (Lipinski definition) is 2. The van der Waals surface area contributed by atoms with Crippen LogP contribution in [0.2, 0.25) is 0 Å². The minimum Gasteiger partial charge on any atom is -0.377 e. The van der Waals surface area contributed by atoms with Gasteiger partial charge >= 0.3 is 6.03 Å². The lowest BCUT2D eigenvalue weighted by Crippen LogP contribution is -2.32. The van der Waals surface area contributed by atoms with E-state index < -0.39 is 0 Å². The smallest absolute Gasteiger partial charge is 0.319 e. The summed E-state index contributed by atoms with van der Waals surface area (Å²) < 4.78 is 1.81. The van der Waals surface area contributed by atoms with E-state index in [9.17, 15) is 4.79 Å². The zero-order chi connectivity index (χ0) is 17.9. The fourth-order valence-electron chi connectivity index (χ4n) is 2.52. The van der Waals surface area contributed by atoms with Crippen molar-refractivity contribution in [3.05, 3.63) is 35.9 Å². The van der Waals surface area contributed by atoms with Crippen LogP contribution >= 0.6 is 0 Å². The van der Waals surface area contributed by atoms with Crippen LogP contribution in [0.3, 0.4) is 0 Å². The lowest BCUT2D eigenvalue weighted by Gasteiger charge is -2.21. The third kappa shape index (κ3) is 4.04. The Bertz CT molecular complexity index is 714. The highest BCUT2D eigenvalue weighted by atomic mass is 16.2. The lowest BCUT2D eigenvalue weighted by molar-refractivity contribution is 0.250. The normalized spacial score (nSPS) is 11.2. The van der Waals surface area contributed by atoms with E-state index in [0.29, 0.717) is 6.54 Å². The van der Waals surface area contributed by atoms with Gasteiger partial charge < -0.3 is 15.5 Å². The van der Waals surface area contributed by atoms with Crippen LogP contribution in [0.1, 0.15) is 32.2 Å². The summed E-state index contributed by atoms with van der Waals surface area (Å²) in [5.41, 5.74) is 2.70. The number of urea groups is 1. The van der Waals surface area contributed by atoms with Gasteiger partial charge in [0.2, 0.25) is 0 Å². The van der Waals surface area contributed by atoms with Crippen LogP contribution in [0.25, 0.3) is 0 Å². The number of carbonyl (C=O) groups is 1. The Hall–Kier alpha value is -2.57. The third-order valence-electron chi connectivity index (χ3n) is 3.70. The van der Waals surface area contributed by atoms with E-state index in [1.165, 1.54) is 6.33 Å². The summed E-state index contributed by atoms with van der Waals surface area (Å²) in [7, 11) is 3.96. The maximum absolute atomic E-state index is 12.2. The first-order valence-electron chi connectivity index (χ1n) is 7.91. The summed E-state index contributed by atoms with van der Waals surface area (Å²) in [6, 6.07) is 5.57. The van der Waals surface area contributed by atoms with Crippen molar-refractivity contribution in [2.45, 2.75) is 39.8 Å². The Morgan fingerprint density at radius 1 is 1.29 bits per heavy atom. The second-order valence-electron chi connectivity index (χ2n) is 6.91. The summed E-state index contributed by atoms with van der Waals surface area (Å²) in [4.78, 5) is 18.4. The molecule has 0 radical (unpaired) electrons. The van der Waals surface area contributed by atoms with Gasteiger partial charge in [0.15, 0.2) is 0 Å². The number of hydrogen-bond acceptors (Lipinski definition) is 4. The summed E-state index contributed by atoms with van der Waals surface area (Å²) in [5.74, 6) is 0.719. The molecule has 2 aromatic rings. The standard InChI is InChI=1S/C17H26N6O/c1-12-13(8-7-9-14(12)22(5)6)21-16(24)18-10-15-19-11-20-23(15)17(2,3)4/h7-9,11H,10H2,1-6H3,(H2,18,21,24). The zero-order valence-electron chi connectivity index (χ0n) is 15.2. The Morgan fingerprint density at radius 2 is 2.00 bits per heavy atom. The summed E-state index contributed by atoms with van der Waals surface area (Å²) in [6.07, 6.45) is 1.50. The fourth-order valence-corrected chi connectivity index (χ4v) is 2.52. The number of nitrogens with zero attached hydrogens (tertiary/aromatic N) is 4. The molecule has 0 aliphatic carbocycles. The first-order valence-corrected chi connectivity index (χ1v) is 7.91. The Morgan fingerprint density at radius 3 is 2.62 bits per heavy atom. The van der Waals surface area contributed by atoms with Crippen molar-refractivity contribution in [1.82, 2.24) is 20.1 Å². The van der Waals surface area contributed by atoms with Crippen LogP contribution in [0, 0.1) is 6.92 Å². The molecule has 1 heterocycles. The molecule has 2 N–H and O–H groups in total. The van der Waals surface area contributed by atoms with Gasteiger partial charge in [0, 0.05) is 25.5 Å². The topological polar surface area (TPSA) is 75.1 Å². The van der Waals surface area contributed by atoms with Crippen molar-refractivity contribution in [3.63, 3.8) is 0 Å². The number of amides is 2. The summed E-state index contributed by atoms with van der Waals surface area (Å²) in [5, 5.41) is 9.95. The van der Waals surface area contributed by atoms with Gasteiger partial charge in [0.05, 0.1) is 12.1 Å². The van der Waals surface area contributed by atoms with E-state index in [4.69, 9.17) is 0 Å². The molecule has 7 nitrogen and oxygen atoms in total. The quantitative estimate of drug-likeness (QED) is 0.904. The molecule has 0 bridgehead atoms. The average Bonchev–Trinajstić information content (AvgIpc) is 2.95. The molecule has 0 aliphatic rings. The van der Waals surface area contributed by atoms with Gasteiger partial charge in [-0.15, -0.1) is 0 Å². The van der Waals surface area contributed by atoms with Gasteiger partial charge in [-0.3, -0.25) is 0 Å². The molecule has 24 heavy (non-hydrogen) atoms. The predicted octanol–water partition coefficient (Wildman–Crippen LogP) is 2.73. The van der Waals surface area contributed by atoms with Gasteiger partial charge in [0.25, 0.3) is 0 Å². The Kier molecular flexibility index (Phi) is 5.11. The molecule has 1 aromatic carbocycles. The largest absolute Gasteiger partial charge is 0.377 e. The van der Waals surface area contributed by atoms with Crippen molar-refractivity contribution < 1.29 is 4.79 Å². The summed E-state index contributed by atoms with van der Waals surface area (Å²) >= 11 is 0. The molecule has 7 heteroatoms. The maximum Gasteiger partial charge on any atom is 0.319 e. The van der Waals surface area contributed by atoms with Crippen LogP contribution in [0.5, 0.6) is 0 Å². The number of benzene rings is 1. The lowest BCUT2D eigenvalue weighted by atomic mass is 10.1. The Labute approximate surface area is 143 Å². The second-order valence-corrected chi connectivity index (χ2v) is 6.91. The monoisotopic (exact) mass is 330 g/mol. The van der Waals surface area contributed by atoms with Crippen LogP contribution in [0.4, 0.5) is 16.2 Å². The molecule has 0 atom stereocenters. The number of anilines is 2. The third-order valence-corrected chi connectivity index (χ3v) is 3.70. The maximum atomic E-state index is 12.2. The highest BCUT2D eigenvalue weighted by Crippen LogP contribution is 2.25. The van der Waals surface area contributed by atoms with Crippen LogP contribution in [-0.2, 0) is 12.1 Å². The van der Waals surface area contributed by atoms with Gasteiger partial charge in [-0.05, 0) is 45.4 Å². The number of aromatic nitrogens is 3. The van der Waals surface area contributed by atoms with Crippen LogP contribution < -0.4 is 15.5 Å². The average molecular weight is 330 g/mol. The summed E-state index contributed by atoms with van der Waals surface area (Å²) in [6.45, 7) is 8.43. The molecule has 0 spiro atoms. The van der Waals surface area contributed by atoms with Gasteiger partial charge in [-0.25, -0.2) is 14.5 Å². The fraction of sp³-hybridized carbons (Fsp3) is 0.471. The van der Waals surface area contributed by atoms with E-state index in [1.54, 1.807) is 0 Å². The SMILES string of the molecule is Cc1c(NC(=O)NCc2ncnn2C(C)(C)C)cccc1N(C)C. The molecular formula is C17H26N6O. The first kappa shape index (κ1) is 17.8. The van der Waals surface area contributed by atoms with Crippen molar-refractivity contribution in [3.8, 4) is 0 Å². The van der Waals surface area contributed by atoms with Gasteiger partial charge in [-0.1, -0.05) is 6.07 Å². The number of nitrogens with one attached hydrogen (secondary N) is 2. The number of carbonyl (C=O) groups excluding carboxylic acids is 1. The second kappa shape index (κ2) is 6.90. The van der Waals surface area contributed by atoms with Crippen LogP contribution in [-0.4, -0.2) is 34.9 Å². The number of rotatable bonds is 4. The molecule has 2 rings (SSSR count). The van der Waals surface area contributed by atoms with Crippen LogP contribution in [0.15, 0.2) is 24.5 Å². The molecule has 0 unspecified atom stereocenters. The van der Waals surface area contributed by atoms with Crippen molar-refractivity contribution in [2.24, 2.45) is 0 Å². The first-order chi connectivity index (χ1) is 11.2. The van der Waals surface area contributed by atoms with Crippen molar-refractivity contribution in [2.75, 3.05) is 24.3 Å². The molecule has 0 saturated heterocycles. The predicted molar refractivity (Wildman–Crippen MR) is 96.4 cm³/mol. The Balaban J connectivity index is 2.03. The van der Waals surface area contributed by atoms with E-state index in [2.05, 4.69) is 20.7 Å². The minimum atomic E-state index is -0.266. The molecule has 1 aromatic heterocycles. The van der Waals surface area contributed by atoms with Crippen molar-refractivity contribution in [1.29, 1.82) is 0 Å². The molecule has 0 fully saturated rings. The molecule has 0 saturated carbocycles. The van der Waals surface area contributed by atoms with Crippen molar-refractivity contribution >= 4 is 17.4 Å². The van der Waals surface area contributed by atoms with E-state index in [1.807, 2.05) is 69.6 Å².